The van der Waals surface area contributed by atoms with Crippen molar-refractivity contribution >= 4 is 11.9 Å². The molecule has 1 aromatic heterocycles. The number of halogens is 6. The molecule has 222 valence electrons. The third kappa shape index (κ3) is 8.74. The topological polar surface area (TPSA) is 123 Å². The Kier molecular flexibility index (Phi) is 9.89. The van der Waals surface area contributed by atoms with E-state index in [1.165, 1.54) is 29.7 Å². The molecule has 1 unspecified atom stereocenters. The van der Waals surface area contributed by atoms with Gasteiger partial charge in [-0.2, -0.15) is 31.4 Å². The summed E-state index contributed by atoms with van der Waals surface area (Å²) in [6.45, 7) is 3.83. The average Bonchev–Trinajstić information content (AvgIpc) is 3.43. The minimum absolute atomic E-state index is 0.246. The predicted octanol–water partition coefficient (Wildman–Crippen LogP) is 3.94. The van der Waals surface area contributed by atoms with E-state index in [0.717, 1.165) is 50.1 Å². The molecular formula is C24H27F6N3O7. The number of ether oxygens (including phenoxy) is 3. The van der Waals surface area contributed by atoms with E-state index in [4.69, 9.17) is 34.0 Å². The van der Waals surface area contributed by atoms with Crippen LogP contribution < -0.4 is 9.47 Å². The van der Waals surface area contributed by atoms with Crippen LogP contribution in [0.2, 0.25) is 0 Å². The lowest BCUT2D eigenvalue weighted by atomic mass is 9.99. The highest BCUT2D eigenvalue weighted by Gasteiger charge is 2.39. The zero-order chi connectivity index (χ0) is 29.7. The van der Waals surface area contributed by atoms with Crippen LogP contribution in [0.3, 0.4) is 0 Å². The number of aliphatic carboxylic acids is 2. The van der Waals surface area contributed by atoms with Gasteiger partial charge in [-0.05, 0) is 48.4 Å². The van der Waals surface area contributed by atoms with Gasteiger partial charge in [0.1, 0.15) is 0 Å². The lowest BCUT2D eigenvalue weighted by Crippen LogP contribution is -2.38. The maximum Gasteiger partial charge on any atom is 0.490 e. The number of carbonyl (C=O) groups is 2. The molecule has 0 saturated heterocycles. The Morgan fingerprint density at radius 3 is 2.20 bits per heavy atom. The third-order valence-corrected chi connectivity index (χ3v) is 6.12. The van der Waals surface area contributed by atoms with Crippen LogP contribution >= 0.6 is 0 Å². The molecular weight excluding hydrogens is 556 g/mol. The number of nitrogens with zero attached hydrogens (tertiary/aromatic N) is 3. The molecule has 2 aromatic rings. The van der Waals surface area contributed by atoms with Crippen LogP contribution in [0.1, 0.15) is 35.7 Å². The summed E-state index contributed by atoms with van der Waals surface area (Å²) in [4.78, 5) is 20.3. The molecule has 0 amide bonds. The Balaban J connectivity index is 0.000000263. The van der Waals surface area contributed by atoms with Crippen molar-refractivity contribution in [3.05, 3.63) is 41.2 Å². The zero-order valence-electron chi connectivity index (χ0n) is 21.2. The minimum atomic E-state index is -5.08. The Hall–Kier alpha value is -3.53. The fourth-order valence-electron chi connectivity index (χ4n) is 3.99. The molecule has 16 heteroatoms. The summed E-state index contributed by atoms with van der Waals surface area (Å²) in [5.41, 5.74) is 3.90. The number of fused-ring (bicyclic) bond motifs is 2. The van der Waals surface area contributed by atoms with Gasteiger partial charge in [-0.1, -0.05) is 6.07 Å². The normalized spacial score (nSPS) is 18.1. The van der Waals surface area contributed by atoms with E-state index < -0.39 is 24.3 Å². The highest BCUT2D eigenvalue weighted by Crippen LogP contribution is 2.36. The minimum Gasteiger partial charge on any atom is -0.475 e. The van der Waals surface area contributed by atoms with Crippen molar-refractivity contribution in [2.75, 3.05) is 26.6 Å². The van der Waals surface area contributed by atoms with Crippen LogP contribution in [0, 0.1) is 5.92 Å². The summed E-state index contributed by atoms with van der Waals surface area (Å²) >= 11 is 0. The standard InChI is InChI=1S/C20H25N3O3.2C2HF3O2/c1-22-20-16(9-21-22)6-7-23(17(20)12-24-11-14-2-3-14)10-15-4-5-18-19(8-15)26-13-25-18;2*3-2(4,5)1(6)7/h4-5,8-9,14,17H,2-3,6-7,10-13H2,1H3;2*(H,6,7). The van der Waals surface area contributed by atoms with Crippen LogP contribution in [0.15, 0.2) is 24.4 Å². The molecule has 1 aliphatic carbocycles. The number of carboxylic acids is 2. The molecule has 3 aliphatic rings. The Morgan fingerprint density at radius 1 is 1.02 bits per heavy atom. The summed E-state index contributed by atoms with van der Waals surface area (Å²) in [5.74, 6) is -3.04. The second-order valence-electron chi connectivity index (χ2n) is 9.19. The zero-order valence-corrected chi connectivity index (χ0v) is 21.2. The Morgan fingerprint density at radius 2 is 1.62 bits per heavy atom. The van der Waals surface area contributed by atoms with Gasteiger partial charge in [0.05, 0.1) is 24.5 Å². The van der Waals surface area contributed by atoms with Crippen LogP contribution in [-0.2, 0) is 34.3 Å². The number of carboxylic acid groups (broad SMARTS) is 2. The van der Waals surface area contributed by atoms with Crippen molar-refractivity contribution in [1.82, 2.24) is 14.7 Å². The summed E-state index contributed by atoms with van der Waals surface area (Å²) in [6, 6.07) is 6.49. The molecule has 5 rings (SSSR count). The van der Waals surface area contributed by atoms with E-state index in [-0.39, 0.29) is 6.04 Å². The first-order valence-corrected chi connectivity index (χ1v) is 12.0. The summed E-state index contributed by atoms with van der Waals surface area (Å²) in [7, 11) is 2.04. The van der Waals surface area contributed by atoms with Crippen molar-refractivity contribution in [1.29, 1.82) is 0 Å². The van der Waals surface area contributed by atoms with Gasteiger partial charge in [0.2, 0.25) is 6.79 Å². The van der Waals surface area contributed by atoms with E-state index in [1.54, 1.807) is 0 Å². The molecule has 0 spiro atoms. The molecule has 2 aliphatic heterocycles. The first-order valence-electron chi connectivity index (χ1n) is 12.0. The quantitative estimate of drug-likeness (QED) is 0.487. The van der Waals surface area contributed by atoms with E-state index >= 15 is 0 Å². The predicted molar refractivity (Wildman–Crippen MR) is 124 cm³/mol. The lowest BCUT2D eigenvalue weighted by Gasteiger charge is -2.36. The molecule has 1 aromatic carbocycles. The molecule has 10 nitrogen and oxygen atoms in total. The number of alkyl halides is 6. The molecule has 2 N–H and O–H groups in total. The monoisotopic (exact) mass is 583 g/mol. The van der Waals surface area contributed by atoms with Crippen molar-refractivity contribution in [3.63, 3.8) is 0 Å². The fourth-order valence-corrected chi connectivity index (χ4v) is 3.99. The van der Waals surface area contributed by atoms with Crippen LogP contribution in [0.25, 0.3) is 0 Å². The molecule has 1 saturated carbocycles. The van der Waals surface area contributed by atoms with Crippen molar-refractivity contribution in [3.8, 4) is 11.5 Å². The second-order valence-corrected chi connectivity index (χ2v) is 9.19. The molecule has 0 bridgehead atoms. The van der Waals surface area contributed by atoms with Gasteiger partial charge in [0.15, 0.2) is 11.5 Å². The number of aryl methyl sites for hydroxylation is 1. The largest absolute Gasteiger partial charge is 0.490 e. The highest BCUT2D eigenvalue weighted by atomic mass is 19.4. The third-order valence-electron chi connectivity index (χ3n) is 6.12. The highest BCUT2D eigenvalue weighted by molar-refractivity contribution is 5.73. The van der Waals surface area contributed by atoms with Gasteiger partial charge in [0.25, 0.3) is 0 Å². The Bertz CT molecular complexity index is 1160. The van der Waals surface area contributed by atoms with Gasteiger partial charge < -0.3 is 24.4 Å². The SMILES string of the molecule is Cn1ncc2c1C(COCC1CC1)N(Cc1ccc3c(c1)OCO3)CC2.O=C(O)C(F)(F)F.O=C(O)C(F)(F)F. The lowest BCUT2D eigenvalue weighted by molar-refractivity contribution is -0.193. The number of rotatable bonds is 6. The summed E-state index contributed by atoms with van der Waals surface area (Å²) in [6.07, 6.45) is -4.47. The van der Waals surface area contributed by atoms with E-state index in [0.29, 0.717) is 6.79 Å². The van der Waals surface area contributed by atoms with Gasteiger partial charge in [-0.15, -0.1) is 0 Å². The molecule has 1 atom stereocenters. The maximum atomic E-state index is 10.6. The van der Waals surface area contributed by atoms with Crippen molar-refractivity contribution < 1.29 is 60.4 Å². The van der Waals surface area contributed by atoms with Crippen molar-refractivity contribution in [2.45, 2.75) is 44.2 Å². The molecule has 40 heavy (non-hydrogen) atoms. The summed E-state index contributed by atoms with van der Waals surface area (Å²) < 4.78 is 82.6. The first kappa shape index (κ1) is 31.0. The molecule has 1 fully saturated rings. The first-order chi connectivity index (χ1) is 18.7. The molecule has 0 radical (unpaired) electrons. The van der Waals surface area contributed by atoms with E-state index in [9.17, 15) is 26.3 Å². The number of hydrogen-bond donors (Lipinski definition) is 2. The van der Waals surface area contributed by atoms with Gasteiger partial charge in [-0.25, -0.2) is 9.59 Å². The Labute approximate surface area is 224 Å². The number of aromatic nitrogens is 2. The van der Waals surface area contributed by atoms with Gasteiger partial charge >= 0.3 is 24.3 Å². The van der Waals surface area contributed by atoms with Crippen LogP contribution in [-0.4, -0.2) is 75.7 Å². The van der Waals surface area contributed by atoms with Crippen molar-refractivity contribution in [2.24, 2.45) is 13.0 Å². The maximum absolute atomic E-state index is 10.6. The number of benzene rings is 1. The number of hydrogen-bond acceptors (Lipinski definition) is 7. The van der Waals surface area contributed by atoms with E-state index in [1.807, 2.05) is 24.0 Å². The van der Waals surface area contributed by atoms with Gasteiger partial charge in [0, 0.05) is 26.7 Å². The molecule has 3 heterocycles. The fraction of sp³-hybridized carbons (Fsp3) is 0.542. The van der Waals surface area contributed by atoms with Crippen LogP contribution in [0.5, 0.6) is 11.5 Å². The smallest absolute Gasteiger partial charge is 0.475 e. The second kappa shape index (κ2) is 12.8. The van der Waals surface area contributed by atoms with E-state index in [2.05, 4.69) is 22.1 Å². The van der Waals surface area contributed by atoms with Crippen LogP contribution in [0.4, 0.5) is 26.3 Å². The van der Waals surface area contributed by atoms with Gasteiger partial charge in [-0.3, -0.25) is 9.58 Å². The average molecular weight is 583 g/mol. The summed E-state index contributed by atoms with van der Waals surface area (Å²) in [5, 5.41) is 18.7.